The van der Waals surface area contributed by atoms with Crippen molar-refractivity contribution in [1.29, 1.82) is 5.26 Å². The molecule has 2 aromatic carbocycles. The molecule has 102 valence electrons. The summed E-state index contributed by atoms with van der Waals surface area (Å²) in [5.41, 5.74) is 3.50. The van der Waals surface area contributed by atoms with Crippen LogP contribution in [-0.4, -0.2) is 4.98 Å². The highest BCUT2D eigenvalue weighted by atomic mass is 79.9. The second-order valence-corrected chi connectivity index (χ2v) is 5.58. The Morgan fingerprint density at radius 1 is 1.14 bits per heavy atom. The minimum atomic E-state index is 0.621. The average molecular weight is 338 g/mol. The van der Waals surface area contributed by atoms with Crippen molar-refractivity contribution in [1.82, 2.24) is 4.98 Å². The van der Waals surface area contributed by atoms with Crippen molar-refractivity contribution in [2.75, 3.05) is 5.32 Å². The van der Waals surface area contributed by atoms with Crippen molar-refractivity contribution >= 4 is 38.3 Å². The van der Waals surface area contributed by atoms with Gasteiger partial charge in [-0.2, -0.15) is 5.26 Å². The monoisotopic (exact) mass is 337 g/mol. The fourth-order valence-electron chi connectivity index (χ4n) is 2.21. The predicted molar refractivity (Wildman–Crippen MR) is 88.6 cm³/mol. The van der Waals surface area contributed by atoms with Crippen LogP contribution in [-0.2, 0) is 0 Å². The second-order valence-electron chi connectivity index (χ2n) is 4.72. The van der Waals surface area contributed by atoms with E-state index < -0.39 is 0 Å². The highest BCUT2D eigenvalue weighted by Gasteiger charge is 2.07. The van der Waals surface area contributed by atoms with E-state index in [-0.39, 0.29) is 0 Å². The number of nitrogens with one attached hydrogen (secondary N) is 1. The third-order valence-corrected chi connectivity index (χ3v) is 4.23. The largest absolute Gasteiger partial charge is 0.340 e. The van der Waals surface area contributed by atoms with Gasteiger partial charge in [0.25, 0.3) is 0 Å². The Balaban J connectivity index is 2.09. The van der Waals surface area contributed by atoms with Crippen molar-refractivity contribution in [3.63, 3.8) is 0 Å². The van der Waals surface area contributed by atoms with Gasteiger partial charge in [0, 0.05) is 15.5 Å². The van der Waals surface area contributed by atoms with Crippen LogP contribution in [0.4, 0.5) is 11.5 Å². The van der Waals surface area contributed by atoms with Crippen LogP contribution in [0.25, 0.3) is 10.9 Å². The summed E-state index contributed by atoms with van der Waals surface area (Å²) in [5, 5.41) is 13.5. The number of hydrogen-bond donors (Lipinski definition) is 1. The van der Waals surface area contributed by atoms with E-state index in [1.54, 1.807) is 6.07 Å². The first-order valence-corrected chi connectivity index (χ1v) is 7.30. The van der Waals surface area contributed by atoms with E-state index in [0.717, 1.165) is 26.6 Å². The van der Waals surface area contributed by atoms with Crippen molar-refractivity contribution in [2.24, 2.45) is 0 Å². The van der Waals surface area contributed by atoms with Crippen LogP contribution in [0.5, 0.6) is 0 Å². The first kappa shape index (κ1) is 13.6. The SMILES string of the molecule is Cc1c(Br)cccc1Nc1cc(C#N)c2ccccc2n1. The lowest BCUT2D eigenvalue weighted by atomic mass is 10.1. The molecule has 1 aromatic heterocycles. The molecule has 0 fully saturated rings. The number of anilines is 2. The maximum absolute atomic E-state index is 9.31. The van der Waals surface area contributed by atoms with E-state index in [1.807, 2.05) is 49.4 Å². The summed E-state index contributed by atoms with van der Waals surface area (Å²) in [6.45, 7) is 2.03. The number of benzene rings is 2. The first-order chi connectivity index (χ1) is 10.2. The molecule has 0 amide bonds. The Hall–Kier alpha value is -2.38. The second kappa shape index (κ2) is 5.55. The molecule has 1 N–H and O–H groups in total. The minimum Gasteiger partial charge on any atom is -0.340 e. The molecule has 0 aliphatic heterocycles. The van der Waals surface area contributed by atoms with Gasteiger partial charge in [-0.15, -0.1) is 0 Å². The van der Waals surface area contributed by atoms with Gasteiger partial charge in [0.2, 0.25) is 0 Å². The topological polar surface area (TPSA) is 48.7 Å². The molecule has 0 saturated carbocycles. The Bertz CT molecular complexity index is 866. The van der Waals surface area contributed by atoms with Crippen molar-refractivity contribution < 1.29 is 0 Å². The molecule has 0 aliphatic carbocycles. The van der Waals surface area contributed by atoms with Gasteiger partial charge in [-0.1, -0.05) is 40.2 Å². The van der Waals surface area contributed by atoms with Gasteiger partial charge in [0.05, 0.1) is 17.1 Å². The number of para-hydroxylation sites is 1. The van der Waals surface area contributed by atoms with Crippen molar-refractivity contribution in [2.45, 2.75) is 6.92 Å². The number of fused-ring (bicyclic) bond motifs is 1. The lowest BCUT2D eigenvalue weighted by Gasteiger charge is -2.11. The van der Waals surface area contributed by atoms with E-state index in [9.17, 15) is 5.26 Å². The number of rotatable bonds is 2. The van der Waals surface area contributed by atoms with Crippen LogP contribution < -0.4 is 5.32 Å². The van der Waals surface area contributed by atoms with Crippen LogP contribution in [0.1, 0.15) is 11.1 Å². The molecule has 0 aliphatic rings. The zero-order chi connectivity index (χ0) is 14.8. The molecular weight excluding hydrogens is 326 g/mol. The average Bonchev–Trinajstić information content (AvgIpc) is 2.51. The molecule has 0 radical (unpaired) electrons. The summed E-state index contributed by atoms with van der Waals surface area (Å²) < 4.78 is 1.04. The molecular formula is C17H12BrN3. The van der Waals surface area contributed by atoms with Gasteiger partial charge in [-0.25, -0.2) is 4.98 Å². The lowest BCUT2D eigenvalue weighted by molar-refractivity contribution is 1.33. The summed E-state index contributed by atoms with van der Waals surface area (Å²) >= 11 is 3.51. The third kappa shape index (κ3) is 2.61. The van der Waals surface area contributed by atoms with E-state index in [0.29, 0.717) is 11.4 Å². The summed E-state index contributed by atoms with van der Waals surface area (Å²) in [6, 6.07) is 17.6. The molecule has 1 heterocycles. The zero-order valence-corrected chi connectivity index (χ0v) is 13.0. The van der Waals surface area contributed by atoms with Crippen LogP contribution >= 0.6 is 15.9 Å². The van der Waals surface area contributed by atoms with Crippen LogP contribution in [0.3, 0.4) is 0 Å². The highest BCUT2D eigenvalue weighted by Crippen LogP contribution is 2.27. The molecule has 0 atom stereocenters. The summed E-state index contributed by atoms with van der Waals surface area (Å²) in [6.07, 6.45) is 0. The summed E-state index contributed by atoms with van der Waals surface area (Å²) in [7, 11) is 0. The lowest BCUT2D eigenvalue weighted by Crippen LogP contribution is -1.97. The van der Waals surface area contributed by atoms with Crippen molar-refractivity contribution in [3.8, 4) is 6.07 Å². The summed E-state index contributed by atoms with van der Waals surface area (Å²) in [4.78, 5) is 4.57. The van der Waals surface area contributed by atoms with E-state index in [2.05, 4.69) is 32.3 Å². The first-order valence-electron chi connectivity index (χ1n) is 6.51. The van der Waals surface area contributed by atoms with E-state index >= 15 is 0 Å². The Morgan fingerprint density at radius 2 is 1.95 bits per heavy atom. The van der Waals surface area contributed by atoms with Gasteiger partial charge < -0.3 is 5.32 Å². The smallest absolute Gasteiger partial charge is 0.132 e. The molecule has 21 heavy (non-hydrogen) atoms. The maximum atomic E-state index is 9.31. The van der Waals surface area contributed by atoms with E-state index in [4.69, 9.17) is 0 Å². The van der Waals surface area contributed by atoms with Crippen molar-refractivity contribution in [3.05, 3.63) is 64.1 Å². The van der Waals surface area contributed by atoms with Gasteiger partial charge in [0.15, 0.2) is 0 Å². The molecule has 0 saturated heterocycles. The molecule has 4 heteroatoms. The minimum absolute atomic E-state index is 0.621. The Kier molecular flexibility index (Phi) is 3.59. The summed E-state index contributed by atoms with van der Waals surface area (Å²) in [5.74, 6) is 0.673. The third-order valence-electron chi connectivity index (χ3n) is 3.37. The Labute approximate surface area is 131 Å². The molecule has 3 rings (SSSR count). The number of halogens is 1. The molecule has 3 aromatic rings. The van der Waals surface area contributed by atoms with Gasteiger partial charge in [-0.3, -0.25) is 0 Å². The normalized spacial score (nSPS) is 10.3. The predicted octanol–water partition coefficient (Wildman–Crippen LogP) is 4.92. The number of nitriles is 1. The quantitative estimate of drug-likeness (QED) is 0.721. The van der Waals surface area contributed by atoms with Gasteiger partial charge in [-0.05, 0) is 36.8 Å². The number of pyridine rings is 1. The zero-order valence-electron chi connectivity index (χ0n) is 11.4. The maximum Gasteiger partial charge on any atom is 0.132 e. The molecule has 0 bridgehead atoms. The number of hydrogen-bond acceptors (Lipinski definition) is 3. The number of aromatic nitrogens is 1. The van der Waals surface area contributed by atoms with Crippen LogP contribution in [0.2, 0.25) is 0 Å². The van der Waals surface area contributed by atoms with Crippen LogP contribution in [0.15, 0.2) is 53.0 Å². The van der Waals surface area contributed by atoms with Gasteiger partial charge >= 0.3 is 0 Å². The van der Waals surface area contributed by atoms with Crippen LogP contribution in [0, 0.1) is 18.3 Å². The van der Waals surface area contributed by atoms with E-state index in [1.165, 1.54) is 0 Å². The highest BCUT2D eigenvalue weighted by molar-refractivity contribution is 9.10. The molecule has 0 unspecified atom stereocenters. The Morgan fingerprint density at radius 3 is 2.76 bits per heavy atom. The fraction of sp³-hybridized carbons (Fsp3) is 0.0588. The van der Waals surface area contributed by atoms with Gasteiger partial charge in [0.1, 0.15) is 5.82 Å². The molecule has 0 spiro atoms. The number of nitrogens with zero attached hydrogens (tertiary/aromatic N) is 2. The standard InChI is InChI=1S/C17H12BrN3/c1-11-14(18)6-4-8-15(11)20-17-9-12(10-19)13-5-2-3-7-16(13)21-17/h2-9H,1H3,(H,20,21). The fourth-order valence-corrected chi connectivity index (χ4v) is 2.58. The molecule has 3 nitrogen and oxygen atoms in total.